The average Bonchev–Trinajstić information content (AvgIpc) is 2.76. The van der Waals surface area contributed by atoms with Crippen molar-refractivity contribution in [2.75, 3.05) is 0 Å². The van der Waals surface area contributed by atoms with Crippen LogP contribution in [0.15, 0.2) is 96.2 Å². The maximum atomic E-state index is 9.83. The molecule has 0 unspecified atom stereocenters. The summed E-state index contributed by atoms with van der Waals surface area (Å²) in [5, 5.41) is 17.4. The van der Waals surface area contributed by atoms with Crippen LogP contribution in [-0.2, 0) is 6.42 Å². The maximum Gasteiger partial charge on any atom is 0.0642 e. The molecule has 0 bridgehead atoms. The van der Waals surface area contributed by atoms with Crippen molar-refractivity contribution in [3.63, 3.8) is 0 Å². The van der Waals surface area contributed by atoms with Crippen LogP contribution in [-0.4, -0.2) is 10.9 Å². The molecule has 0 radical (unpaired) electrons. The molecule has 0 saturated carbocycles. The van der Waals surface area contributed by atoms with Gasteiger partial charge < -0.3 is 10.5 Å². The van der Waals surface area contributed by atoms with Gasteiger partial charge in [-0.15, -0.1) is 0 Å². The van der Waals surface area contributed by atoms with E-state index in [-0.39, 0.29) is 18.0 Å². The van der Waals surface area contributed by atoms with Gasteiger partial charge in [0.05, 0.1) is 5.71 Å². The lowest BCUT2D eigenvalue weighted by molar-refractivity contribution is 0.288. The van der Waals surface area contributed by atoms with Gasteiger partial charge in [0, 0.05) is 24.4 Å². The van der Waals surface area contributed by atoms with Crippen LogP contribution in [0.1, 0.15) is 35.2 Å². The third kappa shape index (κ3) is 3.93. The first kappa shape index (κ1) is 17.5. The van der Waals surface area contributed by atoms with E-state index in [1.165, 1.54) is 16.7 Å². The molecule has 1 fully saturated rings. The first-order chi connectivity index (χ1) is 13.3. The van der Waals surface area contributed by atoms with E-state index in [0.29, 0.717) is 6.42 Å². The molecule has 0 aromatic heterocycles. The van der Waals surface area contributed by atoms with Crippen molar-refractivity contribution in [1.82, 2.24) is 5.32 Å². The summed E-state index contributed by atoms with van der Waals surface area (Å²) in [6, 6.07) is 31.5. The second-order valence-electron chi connectivity index (χ2n) is 7.11. The van der Waals surface area contributed by atoms with Crippen LogP contribution in [0, 0.1) is 5.92 Å². The highest BCUT2D eigenvalue weighted by molar-refractivity contribution is 5.89. The van der Waals surface area contributed by atoms with Gasteiger partial charge in [-0.1, -0.05) is 96.2 Å². The minimum atomic E-state index is 0.0938. The summed E-state index contributed by atoms with van der Waals surface area (Å²) in [5.74, 6) is 0.111. The number of hydrogen-bond donors (Lipinski definition) is 2. The van der Waals surface area contributed by atoms with Crippen molar-refractivity contribution >= 4 is 5.71 Å². The molecule has 2 N–H and O–H groups in total. The third-order valence-corrected chi connectivity index (χ3v) is 5.41. The molecule has 3 atom stereocenters. The highest BCUT2D eigenvalue weighted by atomic mass is 16.4. The van der Waals surface area contributed by atoms with E-state index in [9.17, 15) is 5.21 Å². The molecule has 0 spiro atoms. The molecule has 4 rings (SSSR count). The van der Waals surface area contributed by atoms with Gasteiger partial charge >= 0.3 is 0 Å². The first-order valence-corrected chi connectivity index (χ1v) is 9.46. The van der Waals surface area contributed by atoms with Crippen molar-refractivity contribution in [1.29, 1.82) is 0 Å². The predicted octanol–water partition coefficient (Wildman–Crippen LogP) is 5.15. The van der Waals surface area contributed by atoms with Crippen LogP contribution in [0.2, 0.25) is 0 Å². The van der Waals surface area contributed by atoms with Crippen molar-refractivity contribution in [2.45, 2.75) is 24.9 Å². The lowest BCUT2D eigenvalue weighted by Gasteiger charge is -2.39. The standard InChI is InChI=1S/C24H24N2O/c27-26-23-17-22(19-12-6-2-7-13-19)25-24(20-14-8-3-9-15-20)21(23)16-18-10-4-1-5-11-18/h1-15,21-22,24-25,27H,16-17H2/b26-23-/t21-,22+,24+/m0/s1. The molecule has 0 amide bonds. The molecule has 0 aliphatic carbocycles. The topological polar surface area (TPSA) is 44.6 Å². The summed E-state index contributed by atoms with van der Waals surface area (Å²) in [7, 11) is 0. The van der Waals surface area contributed by atoms with Gasteiger partial charge in [0.25, 0.3) is 0 Å². The van der Waals surface area contributed by atoms with E-state index >= 15 is 0 Å². The van der Waals surface area contributed by atoms with Crippen LogP contribution in [0.4, 0.5) is 0 Å². The van der Waals surface area contributed by atoms with Gasteiger partial charge in [0.15, 0.2) is 0 Å². The molecule has 1 aliphatic heterocycles. The Labute approximate surface area is 160 Å². The molecular formula is C24H24N2O. The van der Waals surface area contributed by atoms with Crippen LogP contribution in [0.3, 0.4) is 0 Å². The minimum Gasteiger partial charge on any atom is -0.411 e. The zero-order valence-corrected chi connectivity index (χ0v) is 15.2. The highest BCUT2D eigenvalue weighted by Crippen LogP contribution is 2.37. The fourth-order valence-corrected chi connectivity index (χ4v) is 4.05. The fraction of sp³-hybridized carbons (Fsp3) is 0.208. The minimum absolute atomic E-state index is 0.0938. The molecule has 3 aromatic carbocycles. The molecular weight excluding hydrogens is 332 g/mol. The number of piperidine rings is 1. The second kappa shape index (κ2) is 8.19. The largest absolute Gasteiger partial charge is 0.411 e. The Morgan fingerprint density at radius 1 is 0.778 bits per heavy atom. The summed E-state index contributed by atoms with van der Waals surface area (Å²) in [6.45, 7) is 0. The molecule has 3 heteroatoms. The Morgan fingerprint density at radius 3 is 1.93 bits per heavy atom. The lowest BCUT2D eigenvalue weighted by Crippen LogP contribution is -2.43. The lowest BCUT2D eigenvalue weighted by atomic mass is 9.77. The van der Waals surface area contributed by atoms with Gasteiger partial charge in [-0.2, -0.15) is 0 Å². The first-order valence-electron chi connectivity index (χ1n) is 9.46. The summed E-state index contributed by atoms with van der Waals surface area (Å²) in [5.41, 5.74) is 4.56. The van der Waals surface area contributed by atoms with Crippen molar-refractivity contribution in [3.05, 3.63) is 108 Å². The zero-order chi connectivity index (χ0) is 18.5. The summed E-state index contributed by atoms with van der Waals surface area (Å²) in [4.78, 5) is 0. The van der Waals surface area contributed by atoms with E-state index in [0.717, 1.165) is 12.1 Å². The van der Waals surface area contributed by atoms with Crippen LogP contribution < -0.4 is 5.32 Å². The summed E-state index contributed by atoms with van der Waals surface area (Å²) < 4.78 is 0. The normalized spacial score (nSPS) is 24.0. The van der Waals surface area contributed by atoms with Gasteiger partial charge in [-0.3, -0.25) is 0 Å². The van der Waals surface area contributed by atoms with E-state index in [2.05, 4.69) is 83.3 Å². The molecule has 1 aliphatic rings. The van der Waals surface area contributed by atoms with Crippen molar-refractivity contribution in [2.24, 2.45) is 11.1 Å². The van der Waals surface area contributed by atoms with Crippen molar-refractivity contribution < 1.29 is 5.21 Å². The number of nitrogens with zero attached hydrogens (tertiary/aromatic N) is 1. The summed E-state index contributed by atoms with van der Waals surface area (Å²) in [6.07, 6.45) is 1.55. The number of oxime groups is 1. The van der Waals surface area contributed by atoms with E-state index in [4.69, 9.17) is 0 Å². The highest BCUT2D eigenvalue weighted by Gasteiger charge is 2.36. The molecule has 136 valence electrons. The molecule has 3 aromatic rings. The predicted molar refractivity (Wildman–Crippen MR) is 109 cm³/mol. The number of hydrogen-bond acceptors (Lipinski definition) is 3. The third-order valence-electron chi connectivity index (χ3n) is 5.41. The van der Waals surface area contributed by atoms with Gasteiger partial charge in [-0.05, 0) is 23.1 Å². The van der Waals surface area contributed by atoms with Crippen LogP contribution in [0.5, 0.6) is 0 Å². The number of benzene rings is 3. The Balaban J connectivity index is 1.70. The van der Waals surface area contributed by atoms with E-state index in [1.54, 1.807) is 0 Å². The van der Waals surface area contributed by atoms with Crippen LogP contribution >= 0.6 is 0 Å². The quantitative estimate of drug-likeness (QED) is 0.501. The monoisotopic (exact) mass is 356 g/mol. The molecule has 27 heavy (non-hydrogen) atoms. The van der Waals surface area contributed by atoms with E-state index < -0.39 is 0 Å². The zero-order valence-electron chi connectivity index (χ0n) is 15.2. The number of nitrogens with one attached hydrogen (secondary N) is 1. The Hall–Kier alpha value is -2.91. The Bertz CT molecular complexity index is 878. The SMILES string of the molecule is O/N=C1/C[C@H](c2ccccc2)N[C@H](c2ccccc2)[C@H]1Cc1ccccc1. The average molecular weight is 356 g/mol. The Morgan fingerprint density at radius 2 is 1.33 bits per heavy atom. The summed E-state index contributed by atoms with van der Waals surface area (Å²) >= 11 is 0. The smallest absolute Gasteiger partial charge is 0.0642 e. The molecule has 1 saturated heterocycles. The maximum absolute atomic E-state index is 9.83. The fourth-order valence-electron chi connectivity index (χ4n) is 4.05. The molecule has 3 nitrogen and oxygen atoms in total. The van der Waals surface area contributed by atoms with Gasteiger partial charge in [0.2, 0.25) is 0 Å². The van der Waals surface area contributed by atoms with Crippen molar-refractivity contribution in [3.8, 4) is 0 Å². The molecule has 1 heterocycles. The van der Waals surface area contributed by atoms with Gasteiger partial charge in [0.1, 0.15) is 0 Å². The van der Waals surface area contributed by atoms with Crippen LogP contribution in [0.25, 0.3) is 0 Å². The number of rotatable bonds is 4. The van der Waals surface area contributed by atoms with E-state index in [1.807, 2.05) is 18.2 Å². The Kier molecular flexibility index (Phi) is 5.31. The second-order valence-corrected chi connectivity index (χ2v) is 7.11. The van der Waals surface area contributed by atoms with Gasteiger partial charge in [-0.25, -0.2) is 0 Å².